The molecule has 0 aromatic carbocycles. The quantitative estimate of drug-likeness (QED) is 0.794. The van der Waals surface area contributed by atoms with E-state index in [0.29, 0.717) is 24.8 Å². The van der Waals surface area contributed by atoms with Gasteiger partial charge in [-0.15, -0.1) is 0 Å². The molecule has 0 radical (unpaired) electrons. The highest BCUT2D eigenvalue weighted by Gasteiger charge is 2.23. The maximum absolute atomic E-state index is 12.1. The highest BCUT2D eigenvalue weighted by Crippen LogP contribution is 2.32. The average Bonchev–Trinajstić information content (AvgIpc) is 3.22. The summed E-state index contributed by atoms with van der Waals surface area (Å²) in [6, 6.07) is -0.107. The minimum Gasteiger partial charge on any atom is -0.339 e. The molecule has 7 nitrogen and oxygen atoms in total. The summed E-state index contributed by atoms with van der Waals surface area (Å²) < 4.78 is 5.34. The molecule has 0 aliphatic heterocycles. The smallest absolute Gasteiger partial charge is 0.317 e. The second kappa shape index (κ2) is 8.86. The molecular weight excluding hydrogens is 294 g/mol. The minimum absolute atomic E-state index is 0.107. The van der Waals surface area contributed by atoms with Crippen molar-refractivity contribution in [3.05, 3.63) is 11.7 Å². The molecule has 2 rings (SSSR count). The predicted octanol–water partition coefficient (Wildman–Crippen LogP) is 2.21. The Balaban J connectivity index is 1.74. The monoisotopic (exact) mass is 323 g/mol. The van der Waals surface area contributed by atoms with Crippen LogP contribution in [-0.2, 0) is 6.54 Å². The van der Waals surface area contributed by atoms with Gasteiger partial charge in [-0.05, 0) is 25.9 Å². The first kappa shape index (κ1) is 17.7. The zero-order chi connectivity index (χ0) is 16.7. The summed E-state index contributed by atoms with van der Waals surface area (Å²) >= 11 is 0. The van der Waals surface area contributed by atoms with Gasteiger partial charge in [0, 0.05) is 26.1 Å². The second-order valence-electron chi connectivity index (χ2n) is 6.15. The van der Waals surface area contributed by atoms with Gasteiger partial charge in [0.1, 0.15) is 0 Å². The van der Waals surface area contributed by atoms with Crippen LogP contribution in [0.2, 0.25) is 0 Å². The first-order valence-corrected chi connectivity index (χ1v) is 8.67. The van der Waals surface area contributed by atoms with E-state index in [-0.39, 0.29) is 6.03 Å². The zero-order valence-corrected chi connectivity index (χ0v) is 14.5. The first-order valence-electron chi connectivity index (χ1n) is 8.67. The number of hydrogen-bond donors (Lipinski definition) is 1. The number of hydrogen-bond acceptors (Lipinski definition) is 5. The lowest BCUT2D eigenvalue weighted by Gasteiger charge is -2.20. The molecule has 1 aromatic rings. The van der Waals surface area contributed by atoms with E-state index in [0.717, 1.165) is 38.4 Å². The largest absolute Gasteiger partial charge is 0.339 e. The highest BCUT2D eigenvalue weighted by molar-refractivity contribution is 5.73. The lowest BCUT2D eigenvalue weighted by atomic mass is 10.1. The molecule has 1 N–H and O–H groups in total. The topological polar surface area (TPSA) is 74.5 Å². The normalized spacial score (nSPS) is 15.3. The molecule has 130 valence electrons. The lowest BCUT2D eigenvalue weighted by Crippen LogP contribution is -2.41. The first-order chi connectivity index (χ1) is 11.1. The molecule has 0 spiro atoms. The van der Waals surface area contributed by atoms with Crippen molar-refractivity contribution in [1.82, 2.24) is 25.3 Å². The number of rotatable bonds is 8. The van der Waals surface area contributed by atoms with Gasteiger partial charge < -0.3 is 19.6 Å². The number of nitrogens with zero attached hydrogens (tertiary/aromatic N) is 4. The Kier molecular flexibility index (Phi) is 6.83. The number of amides is 2. The lowest BCUT2D eigenvalue weighted by molar-refractivity contribution is 0.202. The summed E-state index contributed by atoms with van der Waals surface area (Å²) in [5.74, 6) is 1.71. The Morgan fingerprint density at radius 2 is 2.00 bits per heavy atom. The van der Waals surface area contributed by atoms with E-state index in [9.17, 15) is 4.79 Å². The van der Waals surface area contributed by atoms with Crippen LogP contribution in [0.3, 0.4) is 0 Å². The third-order valence-electron chi connectivity index (χ3n) is 4.51. The van der Waals surface area contributed by atoms with Gasteiger partial charge in [0.2, 0.25) is 5.89 Å². The van der Waals surface area contributed by atoms with Gasteiger partial charge in [-0.25, -0.2) is 4.79 Å². The maximum Gasteiger partial charge on any atom is 0.317 e. The molecule has 7 heteroatoms. The number of carbonyl (C=O) groups excluding carboxylic acids is 1. The minimum atomic E-state index is -0.107. The summed E-state index contributed by atoms with van der Waals surface area (Å²) in [7, 11) is 1.75. The van der Waals surface area contributed by atoms with E-state index in [1.807, 2.05) is 0 Å². The van der Waals surface area contributed by atoms with Crippen molar-refractivity contribution in [3.63, 3.8) is 0 Å². The van der Waals surface area contributed by atoms with Crippen molar-refractivity contribution in [3.8, 4) is 0 Å². The summed E-state index contributed by atoms with van der Waals surface area (Å²) in [4.78, 5) is 20.4. The van der Waals surface area contributed by atoms with Gasteiger partial charge in [0.15, 0.2) is 5.82 Å². The van der Waals surface area contributed by atoms with Crippen molar-refractivity contribution in [2.45, 2.75) is 52.0 Å². The van der Waals surface area contributed by atoms with Gasteiger partial charge in [-0.1, -0.05) is 31.8 Å². The fourth-order valence-corrected chi connectivity index (χ4v) is 2.95. The molecule has 0 unspecified atom stereocenters. The van der Waals surface area contributed by atoms with Gasteiger partial charge in [-0.2, -0.15) is 4.98 Å². The SMILES string of the molecule is CCN(CC)CCNC(=O)N(C)Cc1noc(C2CCCC2)n1. The van der Waals surface area contributed by atoms with Crippen LogP contribution in [0, 0.1) is 0 Å². The van der Waals surface area contributed by atoms with Crippen molar-refractivity contribution in [2.75, 3.05) is 33.2 Å². The standard InChI is InChI=1S/C16H29N5O2/c1-4-21(5-2)11-10-17-16(22)20(3)12-14-18-15(23-19-14)13-8-6-7-9-13/h13H,4-12H2,1-3H3,(H,17,22). The Labute approximate surface area is 138 Å². The summed E-state index contributed by atoms with van der Waals surface area (Å²) in [6.07, 6.45) is 4.72. The summed E-state index contributed by atoms with van der Waals surface area (Å²) in [6.45, 7) is 8.10. The Morgan fingerprint density at radius 1 is 1.30 bits per heavy atom. The molecule has 1 aliphatic rings. The van der Waals surface area contributed by atoms with Crippen molar-refractivity contribution in [1.29, 1.82) is 0 Å². The van der Waals surface area contributed by atoms with Gasteiger partial charge >= 0.3 is 6.03 Å². The molecule has 1 aliphatic carbocycles. The second-order valence-corrected chi connectivity index (χ2v) is 6.15. The van der Waals surface area contributed by atoms with E-state index >= 15 is 0 Å². The van der Waals surface area contributed by atoms with Gasteiger partial charge in [0.05, 0.1) is 6.54 Å². The summed E-state index contributed by atoms with van der Waals surface area (Å²) in [5, 5.41) is 6.93. The van der Waals surface area contributed by atoms with Gasteiger partial charge in [0.25, 0.3) is 0 Å². The van der Waals surface area contributed by atoms with Crippen LogP contribution in [0.5, 0.6) is 0 Å². The van der Waals surface area contributed by atoms with Crippen LogP contribution >= 0.6 is 0 Å². The van der Waals surface area contributed by atoms with E-state index < -0.39 is 0 Å². The molecule has 1 fully saturated rings. The highest BCUT2D eigenvalue weighted by atomic mass is 16.5. The van der Waals surface area contributed by atoms with Gasteiger partial charge in [-0.3, -0.25) is 0 Å². The molecule has 0 atom stereocenters. The van der Waals surface area contributed by atoms with Crippen molar-refractivity contribution in [2.24, 2.45) is 0 Å². The molecule has 1 heterocycles. The van der Waals surface area contributed by atoms with E-state index in [2.05, 4.69) is 34.2 Å². The van der Waals surface area contributed by atoms with Crippen LogP contribution in [0.25, 0.3) is 0 Å². The molecule has 1 saturated carbocycles. The van der Waals surface area contributed by atoms with E-state index in [1.54, 1.807) is 11.9 Å². The fraction of sp³-hybridized carbons (Fsp3) is 0.812. The van der Waals surface area contributed by atoms with Crippen LogP contribution in [0.1, 0.15) is 57.2 Å². The fourth-order valence-electron chi connectivity index (χ4n) is 2.95. The molecule has 0 bridgehead atoms. The number of carbonyl (C=O) groups is 1. The van der Waals surface area contributed by atoms with Crippen LogP contribution in [0.15, 0.2) is 4.52 Å². The van der Waals surface area contributed by atoms with E-state index in [4.69, 9.17) is 4.52 Å². The third-order valence-corrected chi connectivity index (χ3v) is 4.51. The molecule has 23 heavy (non-hydrogen) atoms. The van der Waals surface area contributed by atoms with Crippen molar-refractivity contribution < 1.29 is 9.32 Å². The Morgan fingerprint density at radius 3 is 2.65 bits per heavy atom. The number of aromatic nitrogens is 2. The average molecular weight is 323 g/mol. The number of likely N-dealkylation sites (N-methyl/N-ethyl adjacent to an activating group) is 1. The van der Waals surface area contributed by atoms with Crippen molar-refractivity contribution >= 4 is 6.03 Å². The molecular formula is C16H29N5O2. The Bertz CT molecular complexity index is 481. The third kappa shape index (κ3) is 5.20. The number of nitrogens with one attached hydrogen (secondary N) is 1. The van der Waals surface area contributed by atoms with Crippen LogP contribution in [-0.4, -0.2) is 59.2 Å². The molecule has 2 amide bonds. The summed E-state index contributed by atoms with van der Waals surface area (Å²) in [5.41, 5.74) is 0. The molecule has 0 saturated heterocycles. The number of urea groups is 1. The maximum atomic E-state index is 12.1. The van der Waals surface area contributed by atoms with Crippen LogP contribution in [0.4, 0.5) is 4.79 Å². The zero-order valence-electron chi connectivity index (χ0n) is 14.5. The molecule has 1 aromatic heterocycles. The predicted molar refractivity (Wildman–Crippen MR) is 88.2 cm³/mol. The van der Waals surface area contributed by atoms with Crippen LogP contribution < -0.4 is 5.32 Å². The Hall–Kier alpha value is -1.63. The van der Waals surface area contributed by atoms with E-state index in [1.165, 1.54) is 12.8 Å².